The van der Waals surface area contributed by atoms with Crippen molar-refractivity contribution in [3.8, 4) is 11.4 Å². The summed E-state index contributed by atoms with van der Waals surface area (Å²) in [6.07, 6.45) is 1.96. The van der Waals surface area contributed by atoms with E-state index in [0.717, 1.165) is 11.3 Å². The highest BCUT2D eigenvalue weighted by Gasteiger charge is 2.09. The van der Waals surface area contributed by atoms with Crippen molar-refractivity contribution in [2.24, 2.45) is 0 Å². The molecule has 0 saturated carbocycles. The number of aromatic nitrogens is 3. The van der Waals surface area contributed by atoms with Gasteiger partial charge in [0.1, 0.15) is 5.69 Å². The fourth-order valence-corrected chi connectivity index (χ4v) is 2.11. The lowest BCUT2D eigenvalue weighted by Crippen LogP contribution is -2.06. The largest absolute Gasteiger partial charge is 0.294 e. The van der Waals surface area contributed by atoms with Crippen LogP contribution in [0.3, 0.4) is 0 Å². The molecule has 0 amide bonds. The highest BCUT2D eigenvalue weighted by atomic mass is 16.1. The Hall–Kier alpha value is -2.88. The van der Waals surface area contributed by atoms with Crippen molar-refractivity contribution in [2.45, 2.75) is 13.3 Å². The molecule has 0 spiro atoms. The second-order valence-corrected chi connectivity index (χ2v) is 5.09. The third kappa shape index (κ3) is 3.23. The van der Waals surface area contributed by atoms with Gasteiger partial charge in [-0.25, -0.2) is 0 Å². The van der Waals surface area contributed by atoms with E-state index in [-0.39, 0.29) is 12.2 Å². The standard InChI is InChI=1S/C18H15N3O/c1-13-5-7-14(8-6-13)18(22)12-15-9-10-17(21-20-15)16-4-2-3-11-19-16/h2-11H,12H2,1H3. The molecule has 0 aliphatic heterocycles. The van der Waals surface area contributed by atoms with Crippen LogP contribution < -0.4 is 0 Å². The van der Waals surface area contributed by atoms with Crippen LogP contribution in [-0.2, 0) is 6.42 Å². The first kappa shape index (κ1) is 14.1. The van der Waals surface area contributed by atoms with E-state index < -0.39 is 0 Å². The lowest BCUT2D eigenvalue weighted by molar-refractivity contribution is 0.0991. The molecule has 22 heavy (non-hydrogen) atoms. The van der Waals surface area contributed by atoms with Gasteiger partial charge in [-0.15, -0.1) is 5.10 Å². The Morgan fingerprint density at radius 1 is 0.909 bits per heavy atom. The summed E-state index contributed by atoms with van der Waals surface area (Å²) in [6.45, 7) is 2.00. The summed E-state index contributed by atoms with van der Waals surface area (Å²) < 4.78 is 0. The van der Waals surface area contributed by atoms with E-state index in [0.29, 0.717) is 17.0 Å². The van der Waals surface area contributed by atoms with E-state index in [1.807, 2.05) is 61.5 Å². The van der Waals surface area contributed by atoms with Crippen molar-refractivity contribution in [1.82, 2.24) is 15.2 Å². The van der Waals surface area contributed by atoms with Crippen molar-refractivity contribution in [2.75, 3.05) is 0 Å². The van der Waals surface area contributed by atoms with E-state index in [1.165, 1.54) is 0 Å². The summed E-state index contributed by atoms with van der Waals surface area (Å²) in [7, 11) is 0. The molecule has 108 valence electrons. The number of carbonyl (C=O) groups is 1. The van der Waals surface area contributed by atoms with Crippen LogP contribution in [0.1, 0.15) is 21.6 Å². The molecule has 0 unspecified atom stereocenters. The Balaban J connectivity index is 1.73. The number of carbonyl (C=O) groups excluding carboxylic acids is 1. The molecule has 0 aliphatic rings. The SMILES string of the molecule is Cc1ccc(C(=O)Cc2ccc(-c3ccccn3)nn2)cc1. The van der Waals surface area contributed by atoms with Gasteiger partial charge in [0.2, 0.25) is 0 Å². The van der Waals surface area contributed by atoms with Crippen molar-refractivity contribution >= 4 is 5.78 Å². The molecule has 0 bridgehead atoms. The van der Waals surface area contributed by atoms with E-state index in [4.69, 9.17) is 0 Å². The third-order valence-electron chi connectivity index (χ3n) is 3.36. The minimum Gasteiger partial charge on any atom is -0.294 e. The first-order valence-electron chi connectivity index (χ1n) is 7.06. The van der Waals surface area contributed by atoms with Gasteiger partial charge in [-0.3, -0.25) is 9.78 Å². The number of hydrogen-bond donors (Lipinski definition) is 0. The van der Waals surface area contributed by atoms with Crippen LogP contribution in [0.15, 0.2) is 60.8 Å². The molecule has 0 N–H and O–H groups in total. The lowest BCUT2D eigenvalue weighted by Gasteiger charge is -2.03. The van der Waals surface area contributed by atoms with Gasteiger partial charge in [0, 0.05) is 11.8 Å². The highest BCUT2D eigenvalue weighted by molar-refractivity contribution is 5.97. The van der Waals surface area contributed by atoms with E-state index >= 15 is 0 Å². The Bertz CT molecular complexity index is 766. The predicted molar refractivity (Wildman–Crippen MR) is 84.5 cm³/mol. The maximum absolute atomic E-state index is 12.2. The van der Waals surface area contributed by atoms with E-state index in [2.05, 4.69) is 15.2 Å². The Morgan fingerprint density at radius 3 is 2.36 bits per heavy atom. The van der Waals surface area contributed by atoms with Gasteiger partial charge in [-0.05, 0) is 31.2 Å². The smallest absolute Gasteiger partial charge is 0.168 e. The monoisotopic (exact) mass is 289 g/mol. The third-order valence-corrected chi connectivity index (χ3v) is 3.36. The van der Waals surface area contributed by atoms with Crippen molar-refractivity contribution in [1.29, 1.82) is 0 Å². The summed E-state index contributed by atoms with van der Waals surface area (Å²) in [4.78, 5) is 16.4. The van der Waals surface area contributed by atoms with Gasteiger partial charge in [0.25, 0.3) is 0 Å². The van der Waals surface area contributed by atoms with E-state index in [9.17, 15) is 4.79 Å². The number of pyridine rings is 1. The van der Waals surface area contributed by atoms with Crippen LogP contribution in [0, 0.1) is 6.92 Å². The maximum Gasteiger partial charge on any atom is 0.168 e. The summed E-state index contributed by atoms with van der Waals surface area (Å²) in [5.41, 5.74) is 3.96. The second-order valence-electron chi connectivity index (χ2n) is 5.09. The van der Waals surface area contributed by atoms with E-state index in [1.54, 1.807) is 6.20 Å². The number of ketones is 1. The molecule has 0 fully saturated rings. The van der Waals surface area contributed by atoms with Gasteiger partial charge in [-0.1, -0.05) is 35.9 Å². The van der Waals surface area contributed by atoms with Crippen LogP contribution in [0.4, 0.5) is 0 Å². The summed E-state index contributed by atoms with van der Waals surface area (Å²) in [5, 5.41) is 8.27. The summed E-state index contributed by atoms with van der Waals surface area (Å²) in [5.74, 6) is 0.0416. The Labute approximate surface area is 128 Å². The quantitative estimate of drug-likeness (QED) is 0.692. The maximum atomic E-state index is 12.2. The normalized spacial score (nSPS) is 10.4. The number of nitrogens with zero attached hydrogens (tertiary/aromatic N) is 3. The first-order valence-corrected chi connectivity index (χ1v) is 7.06. The summed E-state index contributed by atoms with van der Waals surface area (Å²) in [6, 6.07) is 16.8. The molecule has 4 nitrogen and oxygen atoms in total. The van der Waals surface area contributed by atoms with Crippen molar-refractivity contribution in [3.05, 3.63) is 77.6 Å². The molecule has 1 aromatic carbocycles. The van der Waals surface area contributed by atoms with Gasteiger partial charge >= 0.3 is 0 Å². The molecule has 0 radical (unpaired) electrons. The topological polar surface area (TPSA) is 55.7 Å². The number of hydrogen-bond acceptors (Lipinski definition) is 4. The van der Waals surface area contributed by atoms with Crippen molar-refractivity contribution in [3.63, 3.8) is 0 Å². The second kappa shape index (κ2) is 6.26. The van der Waals surface area contributed by atoms with Crippen LogP contribution in [0.25, 0.3) is 11.4 Å². The Morgan fingerprint density at radius 2 is 1.73 bits per heavy atom. The average molecular weight is 289 g/mol. The fourth-order valence-electron chi connectivity index (χ4n) is 2.11. The minimum absolute atomic E-state index is 0.0416. The molecule has 3 aromatic rings. The number of Topliss-reactive ketones (excluding diaryl/α,β-unsaturated/α-hetero) is 1. The van der Waals surface area contributed by atoms with Gasteiger partial charge < -0.3 is 0 Å². The zero-order valence-corrected chi connectivity index (χ0v) is 12.2. The zero-order valence-electron chi connectivity index (χ0n) is 12.2. The van der Waals surface area contributed by atoms with Crippen LogP contribution in [-0.4, -0.2) is 21.0 Å². The van der Waals surface area contributed by atoms with Gasteiger partial charge in [0.05, 0.1) is 17.8 Å². The molecular formula is C18H15N3O. The number of benzene rings is 1. The van der Waals surface area contributed by atoms with Gasteiger partial charge in [0.15, 0.2) is 5.78 Å². The van der Waals surface area contributed by atoms with Crippen LogP contribution in [0.2, 0.25) is 0 Å². The van der Waals surface area contributed by atoms with Crippen LogP contribution in [0.5, 0.6) is 0 Å². The predicted octanol–water partition coefficient (Wildman–Crippen LogP) is 3.27. The van der Waals surface area contributed by atoms with Gasteiger partial charge in [-0.2, -0.15) is 5.10 Å². The molecule has 2 heterocycles. The first-order chi connectivity index (χ1) is 10.7. The lowest BCUT2D eigenvalue weighted by atomic mass is 10.0. The molecule has 3 rings (SSSR count). The Kier molecular flexibility index (Phi) is 4.01. The minimum atomic E-state index is 0.0416. The molecular weight excluding hydrogens is 274 g/mol. The fraction of sp³-hybridized carbons (Fsp3) is 0.111. The average Bonchev–Trinajstić information content (AvgIpc) is 2.57. The number of aryl methyl sites for hydroxylation is 1. The molecule has 0 saturated heterocycles. The molecule has 0 aliphatic carbocycles. The highest BCUT2D eigenvalue weighted by Crippen LogP contribution is 2.13. The molecule has 2 aromatic heterocycles. The summed E-state index contributed by atoms with van der Waals surface area (Å²) >= 11 is 0. The zero-order chi connectivity index (χ0) is 15.4. The molecule has 0 atom stereocenters. The molecule has 4 heteroatoms. The van der Waals surface area contributed by atoms with Crippen molar-refractivity contribution < 1.29 is 4.79 Å². The number of rotatable bonds is 4. The van der Waals surface area contributed by atoms with Crippen LogP contribution >= 0.6 is 0 Å².